The fraction of sp³-hybridized carbons (Fsp3) is 0.680. The molecule has 1 atom stereocenters. The molecule has 0 aliphatic carbocycles. The Morgan fingerprint density at radius 3 is 2.03 bits per heavy atom. The van der Waals surface area contributed by atoms with Crippen LogP contribution in [0.25, 0.3) is 0 Å². The number of benzene rings is 1. The number of carbonyl (C=O) groups excluding carboxylic acids is 2. The monoisotopic (exact) mass is 439 g/mol. The van der Waals surface area contributed by atoms with Crippen molar-refractivity contribution in [3.8, 4) is 0 Å². The van der Waals surface area contributed by atoms with Crippen molar-refractivity contribution in [2.75, 3.05) is 6.61 Å². The van der Waals surface area contributed by atoms with Gasteiger partial charge in [-0.05, 0) is 30.9 Å². The van der Waals surface area contributed by atoms with E-state index in [0.717, 1.165) is 25.3 Å². The average Bonchev–Trinajstić information content (AvgIpc) is 2.72. The van der Waals surface area contributed by atoms with E-state index >= 15 is 0 Å². The van der Waals surface area contributed by atoms with Gasteiger partial charge in [0, 0.05) is 0 Å². The maximum Gasteiger partial charge on any atom is 0.328 e. The van der Waals surface area contributed by atoms with Gasteiger partial charge in [-0.25, -0.2) is 13.6 Å². The molecule has 1 unspecified atom stereocenters. The number of esters is 1. The Hall–Kier alpha value is -1.98. The Labute approximate surface area is 186 Å². The van der Waals surface area contributed by atoms with Crippen LogP contribution in [0.15, 0.2) is 12.1 Å². The summed E-state index contributed by atoms with van der Waals surface area (Å²) in [6.07, 6.45) is 11.8. The number of nitrogens with one attached hydrogen (secondary N) is 1. The fourth-order valence-electron chi connectivity index (χ4n) is 3.43. The second-order valence-corrected chi connectivity index (χ2v) is 8.60. The molecule has 1 aromatic rings. The number of hydrogen-bond acceptors (Lipinski definition) is 3. The van der Waals surface area contributed by atoms with Crippen LogP contribution in [0.4, 0.5) is 8.78 Å². The quantitative estimate of drug-likeness (QED) is 0.251. The summed E-state index contributed by atoms with van der Waals surface area (Å²) in [5.41, 5.74) is -0.510. The van der Waals surface area contributed by atoms with E-state index in [4.69, 9.17) is 4.74 Å². The van der Waals surface area contributed by atoms with E-state index < -0.39 is 35.1 Å². The van der Waals surface area contributed by atoms with Crippen molar-refractivity contribution in [3.05, 3.63) is 34.9 Å². The summed E-state index contributed by atoms with van der Waals surface area (Å²) in [7, 11) is 0. The molecule has 0 spiro atoms. The topological polar surface area (TPSA) is 55.4 Å². The zero-order valence-corrected chi connectivity index (χ0v) is 19.6. The van der Waals surface area contributed by atoms with Crippen molar-refractivity contribution >= 4 is 11.9 Å². The predicted molar refractivity (Wildman–Crippen MR) is 120 cm³/mol. The molecule has 1 rings (SSSR count). The van der Waals surface area contributed by atoms with E-state index in [9.17, 15) is 18.4 Å². The maximum atomic E-state index is 14.2. The van der Waals surface area contributed by atoms with Gasteiger partial charge < -0.3 is 10.1 Å². The number of aryl methyl sites for hydroxylation is 1. The molecule has 0 heterocycles. The van der Waals surface area contributed by atoms with Crippen molar-refractivity contribution in [1.82, 2.24) is 5.32 Å². The Morgan fingerprint density at radius 1 is 0.935 bits per heavy atom. The van der Waals surface area contributed by atoms with Crippen LogP contribution in [-0.2, 0) is 9.53 Å². The van der Waals surface area contributed by atoms with E-state index in [1.54, 1.807) is 13.8 Å². The molecule has 0 fully saturated rings. The minimum absolute atomic E-state index is 0.163. The van der Waals surface area contributed by atoms with E-state index in [0.29, 0.717) is 0 Å². The number of amides is 1. The van der Waals surface area contributed by atoms with Crippen LogP contribution in [0, 0.1) is 24.5 Å². The molecular formula is C25H39F2NO3. The van der Waals surface area contributed by atoms with Crippen LogP contribution < -0.4 is 5.32 Å². The number of carbonyl (C=O) groups is 2. The summed E-state index contributed by atoms with van der Waals surface area (Å²) in [5.74, 6) is -3.68. The third-order valence-corrected chi connectivity index (χ3v) is 5.46. The normalized spacial score (nSPS) is 12.1. The van der Waals surface area contributed by atoms with Gasteiger partial charge in [0.1, 0.15) is 23.2 Å². The number of ether oxygens (including phenoxy) is 1. The second-order valence-electron chi connectivity index (χ2n) is 8.60. The number of rotatable bonds is 15. The molecule has 6 heteroatoms. The van der Waals surface area contributed by atoms with Crippen LogP contribution in [0.2, 0.25) is 0 Å². The highest BCUT2D eigenvalue weighted by Gasteiger charge is 2.28. The van der Waals surface area contributed by atoms with E-state index in [1.807, 2.05) is 0 Å². The van der Waals surface area contributed by atoms with Gasteiger partial charge in [0.05, 0.1) is 6.61 Å². The van der Waals surface area contributed by atoms with Crippen molar-refractivity contribution in [3.63, 3.8) is 0 Å². The molecule has 0 saturated carbocycles. The highest BCUT2D eigenvalue weighted by atomic mass is 19.1. The largest absolute Gasteiger partial charge is 0.464 e. The van der Waals surface area contributed by atoms with Crippen LogP contribution in [-0.4, -0.2) is 24.5 Å². The Balaban J connectivity index is 2.38. The fourth-order valence-corrected chi connectivity index (χ4v) is 3.43. The molecule has 1 N–H and O–H groups in total. The molecule has 4 nitrogen and oxygen atoms in total. The third-order valence-electron chi connectivity index (χ3n) is 5.46. The van der Waals surface area contributed by atoms with Gasteiger partial charge in [-0.2, -0.15) is 0 Å². The molecular weight excluding hydrogens is 400 g/mol. The zero-order chi connectivity index (χ0) is 23.2. The first-order valence-corrected chi connectivity index (χ1v) is 11.7. The molecule has 0 radical (unpaired) electrons. The lowest BCUT2D eigenvalue weighted by molar-refractivity contribution is -0.147. The van der Waals surface area contributed by atoms with Gasteiger partial charge >= 0.3 is 5.97 Å². The van der Waals surface area contributed by atoms with E-state index in [2.05, 4.69) is 12.2 Å². The highest BCUT2D eigenvalue weighted by Crippen LogP contribution is 2.17. The summed E-state index contributed by atoms with van der Waals surface area (Å²) in [6, 6.07) is 1.35. The van der Waals surface area contributed by atoms with Gasteiger partial charge in [-0.1, -0.05) is 84.6 Å². The summed E-state index contributed by atoms with van der Waals surface area (Å²) in [5, 5.41) is 2.44. The van der Waals surface area contributed by atoms with Crippen LogP contribution >= 0.6 is 0 Å². The highest BCUT2D eigenvalue weighted by molar-refractivity contribution is 5.97. The van der Waals surface area contributed by atoms with Gasteiger partial charge in [0.15, 0.2) is 0 Å². The molecule has 0 aliphatic rings. The summed E-state index contributed by atoms with van der Waals surface area (Å²) in [6.45, 7) is 7.44. The van der Waals surface area contributed by atoms with Crippen LogP contribution in [0.3, 0.4) is 0 Å². The molecule has 0 aliphatic heterocycles. The van der Waals surface area contributed by atoms with Crippen molar-refractivity contribution in [2.45, 2.75) is 97.9 Å². The number of hydrogen-bond donors (Lipinski definition) is 1. The lowest BCUT2D eigenvalue weighted by Gasteiger charge is -2.21. The molecule has 31 heavy (non-hydrogen) atoms. The van der Waals surface area contributed by atoms with Gasteiger partial charge in [-0.15, -0.1) is 0 Å². The standard InChI is InChI=1S/C25H39F2NO3/c1-5-6-7-8-9-10-11-12-13-14-17-31-25(30)23(18(2)3)28-24(29)21-20(26)16-15-19(4)22(21)27/h15-16,18,23H,5-14,17H2,1-4H3,(H,28,29). The minimum atomic E-state index is -0.963. The average molecular weight is 440 g/mol. The van der Waals surface area contributed by atoms with Gasteiger partial charge in [0.25, 0.3) is 5.91 Å². The summed E-state index contributed by atoms with van der Waals surface area (Å²) in [4.78, 5) is 24.8. The first-order chi connectivity index (χ1) is 14.8. The molecule has 1 aromatic carbocycles. The molecule has 0 saturated heterocycles. The maximum absolute atomic E-state index is 14.2. The van der Waals surface area contributed by atoms with Crippen molar-refractivity contribution in [2.24, 2.45) is 5.92 Å². The van der Waals surface area contributed by atoms with E-state index in [1.165, 1.54) is 57.9 Å². The van der Waals surface area contributed by atoms with E-state index in [-0.39, 0.29) is 18.1 Å². The van der Waals surface area contributed by atoms with Crippen LogP contribution in [0.5, 0.6) is 0 Å². The molecule has 0 bridgehead atoms. The van der Waals surface area contributed by atoms with Crippen molar-refractivity contribution in [1.29, 1.82) is 0 Å². The Bertz CT molecular complexity index is 692. The lowest BCUT2D eigenvalue weighted by atomic mass is 10.0. The van der Waals surface area contributed by atoms with Gasteiger partial charge in [-0.3, -0.25) is 4.79 Å². The molecule has 176 valence electrons. The predicted octanol–water partition coefficient (Wildman–Crippen LogP) is 6.49. The Kier molecular flexibility index (Phi) is 13.0. The van der Waals surface area contributed by atoms with Crippen molar-refractivity contribution < 1.29 is 23.1 Å². The third kappa shape index (κ3) is 9.79. The second kappa shape index (κ2) is 14.9. The molecule has 1 amide bonds. The SMILES string of the molecule is CCCCCCCCCCCCOC(=O)C(NC(=O)c1c(F)ccc(C)c1F)C(C)C. The Morgan fingerprint density at radius 2 is 1.48 bits per heavy atom. The van der Waals surface area contributed by atoms with Crippen LogP contribution in [0.1, 0.15) is 101 Å². The summed E-state index contributed by atoms with van der Waals surface area (Å²) < 4.78 is 33.5. The first-order valence-electron chi connectivity index (χ1n) is 11.7. The minimum Gasteiger partial charge on any atom is -0.464 e. The number of unbranched alkanes of at least 4 members (excludes halogenated alkanes) is 9. The molecule has 0 aromatic heterocycles. The summed E-state index contributed by atoms with van der Waals surface area (Å²) >= 11 is 0. The number of halogens is 2. The first kappa shape index (κ1) is 27.1. The van der Waals surface area contributed by atoms with Gasteiger partial charge in [0.2, 0.25) is 0 Å². The zero-order valence-electron chi connectivity index (χ0n) is 19.6. The smallest absolute Gasteiger partial charge is 0.328 e. The lowest BCUT2D eigenvalue weighted by Crippen LogP contribution is -2.46.